The van der Waals surface area contributed by atoms with Crippen molar-refractivity contribution in [1.29, 1.82) is 0 Å². The van der Waals surface area contributed by atoms with E-state index in [0.29, 0.717) is 24.4 Å². The van der Waals surface area contributed by atoms with Crippen molar-refractivity contribution in [2.45, 2.75) is 0 Å². The van der Waals surface area contributed by atoms with Crippen LogP contribution < -0.4 is 5.32 Å². The number of fused-ring (bicyclic) bond motifs is 1. The third kappa shape index (κ3) is 2.32. The van der Waals surface area contributed by atoms with E-state index in [2.05, 4.69) is 10.3 Å². The van der Waals surface area contributed by atoms with E-state index in [0.717, 1.165) is 13.1 Å². The predicted molar refractivity (Wildman–Crippen MR) is 77.5 cm³/mol. The van der Waals surface area contributed by atoms with Crippen LogP contribution in [0.3, 0.4) is 0 Å². The molecule has 1 aliphatic carbocycles. The summed E-state index contributed by atoms with van der Waals surface area (Å²) in [5.74, 6) is -0.583. The zero-order valence-corrected chi connectivity index (χ0v) is 12.1. The van der Waals surface area contributed by atoms with Gasteiger partial charge in [0.1, 0.15) is 16.4 Å². The van der Waals surface area contributed by atoms with Gasteiger partial charge in [-0.15, -0.1) is 12.4 Å². The first-order valence-electron chi connectivity index (χ1n) is 6.10. The number of pyridine rings is 1. The fourth-order valence-corrected chi connectivity index (χ4v) is 2.67. The Kier molecular flexibility index (Phi) is 4.42. The number of ketones is 2. The van der Waals surface area contributed by atoms with Gasteiger partial charge in [-0.1, -0.05) is 11.6 Å². The first-order valence-corrected chi connectivity index (χ1v) is 6.48. The number of nitrogens with zero attached hydrogens (tertiary/aromatic N) is 2. The Balaban J connectivity index is 0.00000147. The molecule has 1 fully saturated rings. The first-order chi connectivity index (χ1) is 9.20. The lowest BCUT2D eigenvalue weighted by molar-refractivity contribution is 0.0939. The lowest BCUT2D eigenvalue weighted by Gasteiger charge is -2.32. The normalized spacial score (nSPS) is 18.8. The highest BCUT2D eigenvalue weighted by Crippen LogP contribution is 2.29. The summed E-state index contributed by atoms with van der Waals surface area (Å²) in [7, 11) is 0. The van der Waals surface area contributed by atoms with Crippen LogP contribution in [-0.4, -0.2) is 47.6 Å². The molecule has 0 saturated carbocycles. The average molecular weight is 314 g/mol. The third-order valence-electron chi connectivity index (χ3n) is 3.32. The molecule has 1 N–H and O–H groups in total. The van der Waals surface area contributed by atoms with Gasteiger partial charge in [-0.2, -0.15) is 0 Å². The molecule has 0 radical (unpaired) electrons. The summed E-state index contributed by atoms with van der Waals surface area (Å²) in [6.45, 7) is 2.88. The van der Waals surface area contributed by atoms with E-state index in [1.807, 2.05) is 4.90 Å². The van der Waals surface area contributed by atoms with E-state index >= 15 is 0 Å². The fraction of sp³-hybridized carbons (Fsp3) is 0.308. The SMILES string of the molecule is Cl.O=C1C(N2CCNCC2)=C(Cl)C(=O)c2ncccc21. The number of aromatic nitrogens is 1. The Labute approximate surface area is 127 Å². The van der Waals surface area contributed by atoms with Crippen molar-refractivity contribution in [3.05, 3.63) is 40.3 Å². The molecule has 0 unspecified atom stereocenters. The number of halogens is 2. The number of hydrogen-bond donors (Lipinski definition) is 1. The van der Waals surface area contributed by atoms with Crippen LogP contribution in [0.25, 0.3) is 0 Å². The van der Waals surface area contributed by atoms with Crippen molar-refractivity contribution in [3.8, 4) is 0 Å². The number of piperazine rings is 1. The summed E-state index contributed by atoms with van der Waals surface area (Å²) < 4.78 is 0. The van der Waals surface area contributed by atoms with Crippen molar-refractivity contribution in [2.75, 3.05) is 26.2 Å². The fourth-order valence-electron chi connectivity index (χ4n) is 2.38. The number of nitrogens with one attached hydrogen (secondary N) is 1. The van der Waals surface area contributed by atoms with Gasteiger partial charge in [-0.25, -0.2) is 0 Å². The van der Waals surface area contributed by atoms with E-state index in [1.54, 1.807) is 12.1 Å². The highest BCUT2D eigenvalue weighted by molar-refractivity contribution is 6.49. The monoisotopic (exact) mass is 313 g/mol. The molecule has 0 spiro atoms. The predicted octanol–water partition coefficient (Wildman–Crippen LogP) is 1.24. The molecule has 3 rings (SSSR count). The molecule has 0 atom stereocenters. The van der Waals surface area contributed by atoms with E-state index in [-0.39, 0.29) is 34.7 Å². The summed E-state index contributed by atoms with van der Waals surface area (Å²) in [5.41, 5.74) is 0.801. The second-order valence-electron chi connectivity index (χ2n) is 4.46. The topological polar surface area (TPSA) is 62.3 Å². The highest BCUT2D eigenvalue weighted by atomic mass is 35.5. The lowest BCUT2D eigenvalue weighted by atomic mass is 9.96. The van der Waals surface area contributed by atoms with Crippen LogP contribution in [0.5, 0.6) is 0 Å². The number of carbonyl (C=O) groups is 2. The molecule has 5 nitrogen and oxygen atoms in total. The van der Waals surface area contributed by atoms with Gasteiger partial charge in [-0.05, 0) is 12.1 Å². The molecule has 2 heterocycles. The quantitative estimate of drug-likeness (QED) is 0.845. The molecule has 1 saturated heterocycles. The van der Waals surface area contributed by atoms with Crippen LogP contribution in [0.4, 0.5) is 0 Å². The van der Waals surface area contributed by atoms with Crippen LogP contribution in [0.1, 0.15) is 20.8 Å². The summed E-state index contributed by atoms with van der Waals surface area (Å²) in [6, 6.07) is 3.27. The molecule has 0 bridgehead atoms. The van der Waals surface area contributed by atoms with Gasteiger partial charge in [0.05, 0.1) is 5.56 Å². The Morgan fingerprint density at radius 3 is 2.60 bits per heavy atom. The summed E-state index contributed by atoms with van der Waals surface area (Å²) >= 11 is 6.10. The molecule has 1 aromatic heterocycles. The molecule has 0 amide bonds. The molecule has 20 heavy (non-hydrogen) atoms. The minimum Gasteiger partial charge on any atom is -0.364 e. The lowest BCUT2D eigenvalue weighted by Crippen LogP contribution is -2.45. The van der Waals surface area contributed by atoms with Crippen LogP contribution >= 0.6 is 24.0 Å². The van der Waals surface area contributed by atoms with Gasteiger partial charge in [0.15, 0.2) is 0 Å². The van der Waals surface area contributed by atoms with Crippen LogP contribution in [0, 0.1) is 0 Å². The van der Waals surface area contributed by atoms with Crippen molar-refractivity contribution in [1.82, 2.24) is 15.2 Å². The van der Waals surface area contributed by atoms with Gasteiger partial charge in [0, 0.05) is 32.4 Å². The average Bonchev–Trinajstić information content (AvgIpc) is 2.46. The number of carbonyl (C=O) groups excluding carboxylic acids is 2. The molecular weight excluding hydrogens is 301 g/mol. The smallest absolute Gasteiger partial charge is 0.225 e. The van der Waals surface area contributed by atoms with Crippen LogP contribution in [-0.2, 0) is 0 Å². The highest BCUT2D eigenvalue weighted by Gasteiger charge is 2.35. The maximum atomic E-state index is 12.5. The number of Topliss-reactive ketones (excluding diaryl/α,β-unsaturated/α-hetero) is 2. The zero-order valence-electron chi connectivity index (χ0n) is 10.6. The Bertz CT molecular complexity index is 595. The maximum absolute atomic E-state index is 12.5. The maximum Gasteiger partial charge on any atom is 0.225 e. The molecule has 1 aromatic rings. The second-order valence-corrected chi connectivity index (χ2v) is 4.84. The first kappa shape index (κ1) is 15.0. The van der Waals surface area contributed by atoms with Crippen molar-refractivity contribution >= 4 is 35.6 Å². The Hall–Kier alpha value is -1.43. The minimum atomic E-state index is -0.370. The van der Waals surface area contributed by atoms with Gasteiger partial charge < -0.3 is 10.2 Å². The van der Waals surface area contributed by atoms with E-state index in [4.69, 9.17) is 11.6 Å². The molecule has 0 aromatic carbocycles. The zero-order chi connectivity index (χ0) is 13.4. The van der Waals surface area contributed by atoms with Crippen molar-refractivity contribution in [2.24, 2.45) is 0 Å². The number of rotatable bonds is 1. The van der Waals surface area contributed by atoms with E-state index in [9.17, 15) is 9.59 Å². The van der Waals surface area contributed by atoms with E-state index in [1.165, 1.54) is 6.20 Å². The minimum absolute atomic E-state index is 0. The van der Waals surface area contributed by atoms with Gasteiger partial charge in [0.2, 0.25) is 11.6 Å². The summed E-state index contributed by atoms with van der Waals surface area (Å²) in [4.78, 5) is 30.5. The van der Waals surface area contributed by atoms with Gasteiger partial charge in [-0.3, -0.25) is 14.6 Å². The van der Waals surface area contributed by atoms with Crippen molar-refractivity contribution < 1.29 is 9.59 Å². The second kappa shape index (κ2) is 5.91. The van der Waals surface area contributed by atoms with Gasteiger partial charge >= 0.3 is 0 Å². The standard InChI is InChI=1S/C13H12ClN3O2.ClH/c14-9-11(17-6-4-15-5-7-17)12(18)8-2-1-3-16-10(8)13(9)19;/h1-3,15H,4-7H2;1H. The summed E-state index contributed by atoms with van der Waals surface area (Å²) in [6.07, 6.45) is 1.49. The van der Waals surface area contributed by atoms with Crippen LogP contribution in [0.15, 0.2) is 29.1 Å². The third-order valence-corrected chi connectivity index (χ3v) is 3.67. The van der Waals surface area contributed by atoms with Crippen molar-refractivity contribution in [3.63, 3.8) is 0 Å². The van der Waals surface area contributed by atoms with Gasteiger partial charge in [0.25, 0.3) is 0 Å². The molecule has 1 aliphatic heterocycles. The number of hydrogen-bond acceptors (Lipinski definition) is 5. The molecule has 2 aliphatic rings. The Morgan fingerprint density at radius 1 is 1.20 bits per heavy atom. The molecule has 7 heteroatoms. The van der Waals surface area contributed by atoms with Crippen LogP contribution in [0.2, 0.25) is 0 Å². The number of allylic oxidation sites excluding steroid dienone is 2. The summed E-state index contributed by atoms with van der Waals surface area (Å²) in [5, 5.41) is 3.18. The molecule has 106 valence electrons. The Morgan fingerprint density at radius 2 is 1.90 bits per heavy atom. The molecular formula is C13H13Cl2N3O2. The largest absolute Gasteiger partial charge is 0.364 e. The van der Waals surface area contributed by atoms with E-state index < -0.39 is 0 Å².